The largest absolute Gasteiger partial charge is 0.371 e. The average Bonchev–Trinajstić information content (AvgIpc) is 3.41. The summed E-state index contributed by atoms with van der Waals surface area (Å²) in [6.45, 7) is 6.43. The summed E-state index contributed by atoms with van der Waals surface area (Å²) in [5.74, 6) is 0.997. The van der Waals surface area contributed by atoms with E-state index < -0.39 is 0 Å². The van der Waals surface area contributed by atoms with Gasteiger partial charge in [0.15, 0.2) is 0 Å². The summed E-state index contributed by atoms with van der Waals surface area (Å²) >= 11 is 0. The van der Waals surface area contributed by atoms with Gasteiger partial charge in [0.25, 0.3) is 5.91 Å². The molecule has 2 aliphatic rings. The molecule has 1 amide bonds. The summed E-state index contributed by atoms with van der Waals surface area (Å²) in [4.78, 5) is 28.6. The van der Waals surface area contributed by atoms with Gasteiger partial charge in [-0.3, -0.25) is 4.79 Å². The molecule has 0 saturated carbocycles. The lowest BCUT2D eigenvalue weighted by atomic mass is 10.0. The summed E-state index contributed by atoms with van der Waals surface area (Å²) in [5, 5.41) is 0. The molecule has 1 N–H and O–H groups in total. The normalized spacial score (nSPS) is 20.3. The molecule has 0 aliphatic carbocycles. The van der Waals surface area contributed by atoms with Crippen molar-refractivity contribution in [2.75, 3.05) is 44.7 Å². The molecule has 3 heterocycles. The number of aromatic nitrogens is 2. The first kappa shape index (κ1) is 19.1. The second kappa shape index (κ2) is 7.76. The van der Waals surface area contributed by atoms with Crippen LogP contribution in [0.1, 0.15) is 40.6 Å². The summed E-state index contributed by atoms with van der Waals surface area (Å²) in [5.41, 5.74) is 4.88. The molecule has 0 spiro atoms. The Morgan fingerprint density at radius 1 is 1.07 bits per heavy atom. The number of carbonyl (C=O) groups excluding carboxylic acids is 1. The highest BCUT2D eigenvalue weighted by atomic mass is 16.2. The van der Waals surface area contributed by atoms with Crippen molar-refractivity contribution in [3.8, 4) is 0 Å². The van der Waals surface area contributed by atoms with E-state index in [1.165, 1.54) is 18.4 Å². The van der Waals surface area contributed by atoms with Crippen LogP contribution in [0.3, 0.4) is 0 Å². The lowest BCUT2D eigenvalue weighted by molar-refractivity contribution is 0.0499. The minimum Gasteiger partial charge on any atom is -0.371 e. The average molecular weight is 404 g/mol. The number of anilines is 1. The lowest BCUT2D eigenvalue weighted by Crippen LogP contribution is -2.49. The van der Waals surface area contributed by atoms with Crippen molar-refractivity contribution in [3.63, 3.8) is 0 Å². The van der Waals surface area contributed by atoms with Crippen molar-refractivity contribution >= 4 is 22.6 Å². The van der Waals surface area contributed by atoms with Gasteiger partial charge in [-0.1, -0.05) is 30.3 Å². The van der Waals surface area contributed by atoms with Crippen LogP contribution in [-0.2, 0) is 0 Å². The van der Waals surface area contributed by atoms with E-state index in [1.807, 2.05) is 19.1 Å². The van der Waals surface area contributed by atoms with E-state index in [4.69, 9.17) is 0 Å². The highest BCUT2D eigenvalue weighted by Crippen LogP contribution is 2.33. The number of carbonyl (C=O) groups is 1. The predicted molar refractivity (Wildman–Crippen MR) is 120 cm³/mol. The number of H-pyrrole nitrogens is 1. The van der Waals surface area contributed by atoms with Crippen LogP contribution in [0.5, 0.6) is 0 Å². The van der Waals surface area contributed by atoms with Crippen LogP contribution in [0.2, 0.25) is 0 Å². The molecule has 1 aromatic heterocycles. The fourth-order valence-electron chi connectivity index (χ4n) is 4.84. The predicted octanol–water partition coefficient (Wildman–Crippen LogP) is 3.60. The van der Waals surface area contributed by atoms with Gasteiger partial charge in [-0.05, 0) is 44.5 Å². The first-order valence-corrected chi connectivity index (χ1v) is 10.9. The summed E-state index contributed by atoms with van der Waals surface area (Å²) in [7, 11) is 2.13. The van der Waals surface area contributed by atoms with Crippen LogP contribution in [0, 0.1) is 6.92 Å². The summed E-state index contributed by atoms with van der Waals surface area (Å²) < 4.78 is 0. The van der Waals surface area contributed by atoms with Crippen molar-refractivity contribution in [1.82, 2.24) is 19.8 Å². The summed E-state index contributed by atoms with van der Waals surface area (Å²) in [6.07, 6.45) is 2.35. The van der Waals surface area contributed by atoms with Crippen LogP contribution < -0.4 is 4.90 Å². The Labute approximate surface area is 177 Å². The van der Waals surface area contributed by atoms with Gasteiger partial charge in [-0.25, -0.2) is 4.98 Å². The number of benzene rings is 2. The van der Waals surface area contributed by atoms with E-state index in [0.717, 1.165) is 60.8 Å². The van der Waals surface area contributed by atoms with Gasteiger partial charge in [0.2, 0.25) is 0 Å². The number of aryl methyl sites for hydroxylation is 1. The molecule has 2 aliphatic heterocycles. The van der Waals surface area contributed by atoms with Crippen LogP contribution in [-0.4, -0.2) is 65.4 Å². The smallest absolute Gasteiger partial charge is 0.256 e. The number of piperazine rings is 1. The Morgan fingerprint density at radius 3 is 2.60 bits per heavy atom. The molecule has 6 nitrogen and oxygen atoms in total. The zero-order valence-electron chi connectivity index (χ0n) is 17.8. The number of aromatic amines is 1. The number of hydrogen-bond acceptors (Lipinski definition) is 4. The molecular formula is C24H29N5O. The number of fused-ring (bicyclic) bond motifs is 1. The van der Waals surface area contributed by atoms with E-state index in [9.17, 15) is 4.79 Å². The molecule has 0 bridgehead atoms. The number of imidazole rings is 1. The molecule has 1 atom stereocenters. The van der Waals surface area contributed by atoms with Crippen LogP contribution in [0.4, 0.5) is 5.69 Å². The summed E-state index contributed by atoms with van der Waals surface area (Å²) in [6, 6.07) is 14.6. The quantitative estimate of drug-likeness (QED) is 0.726. The maximum Gasteiger partial charge on any atom is 0.256 e. The Hall–Kier alpha value is -2.86. The number of hydrogen-bond donors (Lipinski definition) is 1. The SMILES string of the molecule is Cc1nc2cc(N3CCCC3)c(C(=O)N3CCN(C)C[C@@H]3c3ccccc3)cc2[nH]1. The van der Waals surface area contributed by atoms with Crippen molar-refractivity contribution in [2.45, 2.75) is 25.8 Å². The molecule has 2 fully saturated rings. The second-order valence-corrected chi connectivity index (χ2v) is 8.59. The Bertz CT molecular complexity index is 1050. The number of nitrogens with one attached hydrogen (secondary N) is 1. The molecule has 3 aromatic rings. The molecule has 0 radical (unpaired) electrons. The van der Waals surface area contributed by atoms with Gasteiger partial charge in [-0.15, -0.1) is 0 Å². The first-order chi connectivity index (χ1) is 14.6. The fraction of sp³-hybridized carbons (Fsp3) is 0.417. The molecule has 0 unspecified atom stereocenters. The first-order valence-electron chi connectivity index (χ1n) is 10.9. The zero-order chi connectivity index (χ0) is 20.7. The Balaban J connectivity index is 1.57. The standard InChI is InChI=1S/C24H29N5O/c1-17-25-20-14-19(22(15-21(20)26-17)28-10-6-7-11-28)24(30)29-13-12-27(2)16-23(29)18-8-4-3-5-9-18/h3-5,8-9,14-15,23H,6-7,10-13,16H2,1-2H3,(H,25,26)/t23-/m1/s1. The third-order valence-electron chi connectivity index (χ3n) is 6.42. The third-order valence-corrected chi connectivity index (χ3v) is 6.42. The highest BCUT2D eigenvalue weighted by molar-refractivity contribution is 6.04. The Morgan fingerprint density at radius 2 is 1.83 bits per heavy atom. The molecular weight excluding hydrogens is 374 g/mol. The molecule has 2 saturated heterocycles. The minimum atomic E-state index is 0.0584. The Kier molecular flexibility index (Phi) is 4.95. The van der Waals surface area contributed by atoms with Crippen molar-refractivity contribution in [3.05, 3.63) is 59.4 Å². The topological polar surface area (TPSA) is 55.5 Å². The molecule has 6 heteroatoms. The number of rotatable bonds is 3. The lowest BCUT2D eigenvalue weighted by Gasteiger charge is -2.41. The molecule has 2 aromatic carbocycles. The van der Waals surface area contributed by atoms with Crippen molar-refractivity contribution in [1.29, 1.82) is 0 Å². The van der Waals surface area contributed by atoms with Gasteiger partial charge in [0.05, 0.1) is 28.3 Å². The molecule has 30 heavy (non-hydrogen) atoms. The van der Waals surface area contributed by atoms with E-state index in [0.29, 0.717) is 0 Å². The van der Waals surface area contributed by atoms with Gasteiger partial charge in [0.1, 0.15) is 5.82 Å². The van der Waals surface area contributed by atoms with Gasteiger partial charge in [-0.2, -0.15) is 0 Å². The van der Waals surface area contributed by atoms with Gasteiger partial charge < -0.3 is 19.7 Å². The zero-order valence-corrected chi connectivity index (χ0v) is 17.8. The van der Waals surface area contributed by atoms with Gasteiger partial charge >= 0.3 is 0 Å². The molecule has 156 valence electrons. The van der Waals surface area contributed by atoms with E-state index >= 15 is 0 Å². The highest BCUT2D eigenvalue weighted by Gasteiger charge is 2.33. The van der Waals surface area contributed by atoms with E-state index in [2.05, 4.69) is 62.0 Å². The van der Waals surface area contributed by atoms with Crippen LogP contribution >= 0.6 is 0 Å². The maximum absolute atomic E-state index is 14.0. The number of likely N-dealkylation sites (N-methyl/N-ethyl adjacent to an activating group) is 1. The van der Waals surface area contributed by atoms with Crippen molar-refractivity contribution < 1.29 is 4.79 Å². The molecule has 5 rings (SSSR count). The van der Waals surface area contributed by atoms with E-state index in [-0.39, 0.29) is 11.9 Å². The minimum absolute atomic E-state index is 0.0584. The van der Waals surface area contributed by atoms with Crippen LogP contribution in [0.15, 0.2) is 42.5 Å². The maximum atomic E-state index is 14.0. The second-order valence-electron chi connectivity index (χ2n) is 8.59. The monoisotopic (exact) mass is 403 g/mol. The van der Waals surface area contributed by atoms with Crippen LogP contribution in [0.25, 0.3) is 11.0 Å². The fourth-order valence-corrected chi connectivity index (χ4v) is 4.84. The van der Waals surface area contributed by atoms with Crippen molar-refractivity contribution in [2.24, 2.45) is 0 Å². The van der Waals surface area contributed by atoms with E-state index in [1.54, 1.807) is 0 Å². The third kappa shape index (κ3) is 3.45. The van der Waals surface area contributed by atoms with Gasteiger partial charge in [0, 0.05) is 32.7 Å². The number of amides is 1. The number of nitrogens with zero attached hydrogens (tertiary/aromatic N) is 4.